The second-order valence-electron chi connectivity index (χ2n) is 4.04. The molecule has 5 nitrogen and oxygen atoms in total. The molecule has 1 aromatic heterocycles. The number of anilines is 1. The summed E-state index contributed by atoms with van der Waals surface area (Å²) in [6.45, 7) is 0.368. The second-order valence-corrected chi connectivity index (χ2v) is 4.04. The molecule has 19 heavy (non-hydrogen) atoms. The molecule has 0 aliphatic heterocycles. The topological polar surface area (TPSA) is 73.1 Å². The normalized spacial score (nSPS) is 10.5. The maximum Gasteiger partial charge on any atom is 0.144 e. The minimum Gasteiger partial charge on any atom is -0.378 e. The van der Waals surface area contributed by atoms with Crippen LogP contribution in [0.25, 0.3) is 0 Å². The first kappa shape index (κ1) is 13.4. The summed E-state index contributed by atoms with van der Waals surface area (Å²) in [5, 5.41) is 0. The van der Waals surface area contributed by atoms with E-state index in [1.54, 1.807) is 19.2 Å². The number of hydrogen-bond acceptors (Lipinski definition) is 5. The van der Waals surface area contributed by atoms with Crippen molar-refractivity contribution in [3.63, 3.8) is 0 Å². The molecular formula is C13H15FN4O. The smallest absolute Gasteiger partial charge is 0.144 e. The molecule has 0 aliphatic carbocycles. The van der Waals surface area contributed by atoms with Crippen LogP contribution in [0.2, 0.25) is 0 Å². The van der Waals surface area contributed by atoms with E-state index in [9.17, 15) is 4.39 Å². The number of nitrogens with zero attached hydrogens (tertiary/aromatic N) is 2. The Kier molecular flexibility index (Phi) is 4.38. The number of nitrogen functional groups attached to an aromatic ring is 1. The van der Waals surface area contributed by atoms with Crippen molar-refractivity contribution in [2.45, 2.75) is 13.0 Å². The highest BCUT2D eigenvalue weighted by Gasteiger charge is 2.06. The van der Waals surface area contributed by atoms with Gasteiger partial charge in [-0.05, 0) is 17.7 Å². The minimum absolute atomic E-state index is 0.275. The largest absolute Gasteiger partial charge is 0.378 e. The number of aromatic nitrogens is 2. The second kappa shape index (κ2) is 6.21. The van der Waals surface area contributed by atoms with Gasteiger partial charge in [-0.2, -0.15) is 0 Å². The molecule has 1 aromatic carbocycles. The van der Waals surface area contributed by atoms with Gasteiger partial charge in [0.05, 0.1) is 12.3 Å². The van der Waals surface area contributed by atoms with Crippen LogP contribution in [0.3, 0.4) is 0 Å². The summed E-state index contributed by atoms with van der Waals surface area (Å²) >= 11 is 0. The first-order chi connectivity index (χ1) is 9.21. The Morgan fingerprint density at radius 1 is 1.32 bits per heavy atom. The summed E-state index contributed by atoms with van der Waals surface area (Å²) in [7, 11) is 1.59. The fraction of sp³-hybridized carbons (Fsp3) is 0.231. The van der Waals surface area contributed by atoms with Gasteiger partial charge in [0.15, 0.2) is 0 Å². The Morgan fingerprint density at radius 2 is 2.16 bits per heavy atom. The molecule has 0 spiro atoms. The quantitative estimate of drug-likeness (QED) is 0.633. The fourth-order valence-corrected chi connectivity index (χ4v) is 1.76. The predicted octanol–water partition coefficient (Wildman–Crippen LogP) is 1.64. The van der Waals surface area contributed by atoms with Crippen molar-refractivity contribution in [1.82, 2.24) is 9.97 Å². The maximum atomic E-state index is 13.1. The number of hydrogen-bond donors (Lipinski definition) is 2. The lowest BCUT2D eigenvalue weighted by Gasteiger charge is -2.07. The lowest BCUT2D eigenvalue weighted by molar-refractivity contribution is 0.181. The summed E-state index contributed by atoms with van der Waals surface area (Å²) in [6.07, 6.45) is 0.435. The van der Waals surface area contributed by atoms with Crippen LogP contribution in [-0.4, -0.2) is 17.1 Å². The molecule has 0 saturated carbocycles. The van der Waals surface area contributed by atoms with Crippen molar-refractivity contribution in [3.05, 3.63) is 53.2 Å². The average Bonchev–Trinajstić information content (AvgIpc) is 2.39. The summed E-state index contributed by atoms with van der Waals surface area (Å²) in [4.78, 5) is 8.58. The van der Waals surface area contributed by atoms with Gasteiger partial charge in [-0.3, -0.25) is 0 Å². The molecule has 0 atom stereocenters. The van der Waals surface area contributed by atoms with Crippen LogP contribution in [0.4, 0.5) is 10.2 Å². The third-order valence-electron chi connectivity index (χ3n) is 2.52. The van der Waals surface area contributed by atoms with Crippen LogP contribution in [0, 0.1) is 5.82 Å². The Bertz CT molecular complexity index is 562. The Hall–Kier alpha value is -2.05. The summed E-state index contributed by atoms with van der Waals surface area (Å²) in [5.41, 5.74) is 4.01. The molecule has 3 N–H and O–H groups in total. The highest BCUT2D eigenvalue weighted by Crippen LogP contribution is 2.12. The van der Waals surface area contributed by atoms with E-state index in [1.807, 2.05) is 6.07 Å². The van der Waals surface area contributed by atoms with Gasteiger partial charge in [0.1, 0.15) is 17.5 Å². The average molecular weight is 262 g/mol. The van der Waals surface area contributed by atoms with Gasteiger partial charge >= 0.3 is 0 Å². The first-order valence-corrected chi connectivity index (χ1v) is 5.78. The van der Waals surface area contributed by atoms with E-state index in [2.05, 4.69) is 15.4 Å². The van der Waals surface area contributed by atoms with E-state index >= 15 is 0 Å². The number of rotatable bonds is 5. The molecule has 0 bridgehead atoms. The van der Waals surface area contributed by atoms with Crippen LogP contribution < -0.4 is 11.3 Å². The third-order valence-corrected chi connectivity index (χ3v) is 2.52. The molecular weight excluding hydrogens is 247 g/mol. The molecule has 1 heterocycles. The predicted molar refractivity (Wildman–Crippen MR) is 69.8 cm³/mol. The molecule has 0 unspecified atom stereocenters. The standard InChI is InChI=1S/C13H15FN4O/c1-19-8-11-7-13(18-15)17-12(16-11)6-9-3-2-4-10(14)5-9/h2-5,7H,6,8,15H2,1H3,(H,16,17,18). The maximum absolute atomic E-state index is 13.1. The number of benzene rings is 1. The SMILES string of the molecule is COCc1cc(NN)nc(Cc2cccc(F)c2)n1. The monoisotopic (exact) mass is 262 g/mol. The van der Waals surface area contributed by atoms with Gasteiger partial charge < -0.3 is 10.2 Å². The van der Waals surface area contributed by atoms with E-state index < -0.39 is 0 Å². The van der Waals surface area contributed by atoms with Crippen molar-refractivity contribution >= 4 is 5.82 Å². The summed E-state index contributed by atoms with van der Waals surface area (Å²) in [6, 6.07) is 8.05. The van der Waals surface area contributed by atoms with E-state index in [0.29, 0.717) is 24.7 Å². The molecule has 2 rings (SSSR count). The van der Waals surface area contributed by atoms with E-state index in [-0.39, 0.29) is 5.82 Å². The number of nitrogens with two attached hydrogens (primary N) is 1. The number of halogens is 1. The molecule has 6 heteroatoms. The van der Waals surface area contributed by atoms with E-state index in [4.69, 9.17) is 10.6 Å². The number of methoxy groups -OCH3 is 1. The zero-order valence-corrected chi connectivity index (χ0v) is 10.6. The first-order valence-electron chi connectivity index (χ1n) is 5.78. The molecule has 2 aromatic rings. The van der Waals surface area contributed by atoms with Gasteiger partial charge in [-0.15, -0.1) is 0 Å². The fourth-order valence-electron chi connectivity index (χ4n) is 1.76. The van der Waals surface area contributed by atoms with Crippen LogP contribution in [0.1, 0.15) is 17.1 Å². The highest BCUT2D eigenvalue weighted by atomic mass is 19.1. The highest BCUT2D eigenvalue weighted by molar-refractivity contribution is 5.35. The van der Waals surface area contributed by atoms with Crippen molar-refractivity contribution in [2.24, 2.45) is 5.84 Å². The zero-order valence-electron chi connectivity index (χ0n) is 10.6. The van der Waals surface area contributed by atoms with Gasteiger partial charge in [0.25, 0.3) is 0 Å². The molecule has 0 saturated heterocycles. The van der Waals surface area contributed by atoms with Gasteiger partial charge in [0, 0.05) is 19.6 Å². The van der Waals surface area contributed by atoms with Crippen molar-refractivity contribution in [1.29, 1.82) is 0 Å². The lowest BCUT2D eigenvalue weighted by atomic mass is 10.1. The lowest BCUT2D eigenvalue weighted by Crippen LogP contribution is -2.12. The van der Waals surface area contributed by atoms with E-state index in [0.717, 1.165) is 11.3 Å². The number of hydrazine groups is 1. The molecule has 0 aliphatic rings. The number of nitrogens with one attached hydrogen (secondary N) is 1. The van der Waals surface area contributed by atoms with Crippen LogP contribution >= 0.6 is 0 Å². The van der Waals surface area contributed by atoms with Crippen LogP contribution in [-0.2, 0) is 17.8 Å². The third kappa shape index (κ3) is 3.70. The molecule has 100 valence electrons. The van der Waals surface area contributed by atoms with Crippen molar-refractivity contribution in [3.8, 4) is 0 Å². The minimum atomic E-state index is -0.275. The molecule has 0 fully saturated rings. The molecule has 0 radical (unpaired) electrons. The Labute approximate surface area is 110 Å². The van der Waals surface area contributed by atoms with Crippen molar-refractivity contribution < 1.29 is 9.13 Å². The summed E-state index contributed by atoms with van der Waals surface area (Å²) < 4.78 is 18.2. The Morgan fingerprint density at radius 3 is 2.84 bits per heavy atom. The van der Waals surface area contributed by atoms with Gasteiger partial charge in [-0.25, -0.2) is 20.2 Å². The Balaban J connectivity index is 2.26. The zero-order chi connectivity index (χ0) is 13.7. The number of ether oxygens (including phenoxy) is 1. The van der Waals surface area contributed by atoms with Gasteiger partial charge in [-0.1, -0.05) is 12.1 Å². The summed E-state index contributed by atoms with van der Waals surface area (Å²) in [5.74, 6) is 6.16. The van der Waals surface area contributed by atoms with Crippen molar-refractivity contribution in [2.75, 3.05) is 12.5 Å². The van der Waals surface area contributed by atoms with Gasteiger partial charge in [0.2, 0.25) is 0 Å². The van der Waals surface area contributed by atoms with E-state index in [1.165, 1.54) is 12.1 Å². The van der Waals surface area contributed by atoms with Crippen LogP contribution in [0.15, 0.2) is 30.3 Å². The molecule has 0 amide bonds. The van der Waals surface area contributed by atoms with Crippen LogP contribution in [0.5, 0.6) is 0 Å².